The molecule has 0 bridgehead atoms. The lowest BCUT2D eigenvalue weighted by Crippen LogP contribution is -1.77. The van der Waals surface area contributed by atoms with Gasteiger partial charge in [0.2, 0.25) is 0 Å². The summed E-state index contributed by atoms with van der Waals surface area (Å²) >= 11 is 0. The fraction of sp³-hybridized carbons (Fsp3) is 1.00. The highest BCUT2D eigenvalue weighted by atomic mass is 16.3. The van der Waals surface area contributed by atoms with Crippen molar-refractivity contribution in [1.29, 1.82) is 0 Å². The van der Waals surface area contributed by atoms with Crippen molar-refractivity contribution in [3.63, 3.8) is 0 Å². The molecule has 0 rings (SSSR count). The van der Waals surface area contributed by atoms with Gasteiger partial charge in [-0.2, -0.15) is 0 Å². The molecule has 0 unspecified atom stereocenters. The van der Waals surface area contributed by atoms with Crippen molar-refractivity contribution in [2.45, 2.75) is 0 Å². The van der Waals surface area contributed by atoms with Crippen LogP contribution in [0.3, 0.4) is 0 Å². The molecule has 0 amide bonds. The smallest absolute Gasteiger partial charge is 0.157 e. The van der Waals surface area contributed by atoms with E-state index in [1.54, 1.807) is 0 Å². The van der Waals surface area contributed by atoms with Crippen LogP contribution < -0.4 is 5.84 Å². The lowest BCUT2D eigenvalue weighted by molar-refractivity contribution is 0.299. The molecule has 0 aromatic heterocycles. The first-order valence-corrected chi connectivity index (χ1v) is 1.09. The zero-order valence-corrected chi connectivity index (χ0v) is 2.63. The molecule has 0 aromatic rings. The minimum Gasteiger partial charge on any atom is -0.373 e. The van der Waals surface area contributed by atoms with Crippen molar-refractivity contribution in [1.82, 2.24) is 0 Å². The fourth-order valence-electron chi connectivity index (χ4n) is 0.0365. The number of nitrogens with two attached hydrogens (primary N) is 1. The first kappa shape index (κ1) is 4.36. The van der Waals surface area contributed by atoms with Gasteiger partial charge in [0, 0.05) is 0 Å². The summed E-state index contributed by atoms with van der Waals surface area (Å²) < 4.78 is 0. The number of hydrogen-bond acceptors (Lipinski definition) is 3. The molecule has 0 aliphatic rings. The predicted octanol–water partition coefficient (Wildman–Crippen LogP) is -0.738. The van der Waals surface area contributed by atoms with Gasteiger partial charge in [-0.15, -0.1) is 5.11 Å². The molecule has 0 atom stereocenters. The summed E-state index contributed by atoms with van der Waals surface area (Å²) in [6.07, 6.45) is 0. The molecule has 0 aromatic carbocycles. The summed E-state index contributed by atoms with van der Waals surface area (Å²) in [5.41, 5.74) is 0. The van der Waals surface area contributed by atoms with Gasteiger partial charge in [-0.3, -0.25) is 0 Å². The molecule has 4 heteroatoms. The fourth-order valence-corrected chi connectivity index (χ4v) is 0.0365. The van der Waals surface area contributed by atoms with Crippen LogP contribution in [0.1, 0.15) is 0 Å². The van der Waals surface area contributed by atoms with E-state index in [1.807, 2.05) is 0 Å². The molecular weight excluding hydrogens is 70.0 g/mol. The monoisotopic (exact) mass is 75.0 g/mol. The molecule has 0 heterocycles. The Bertz CT molecular complexity index is 33.9. The lowest BCUT2D eigenvalue weighted by Gasteiger charge is -1.67. The molecule has 0 fully saturated rings. The third kappa shape index (κ3) is 3.36. The van der Waals surface area contributed by atoms with Gasteiger partial charge < -0.3 is 10.9 Å². The van der Waals surface area contributed by atoms with Crippen LogP contribution in [0.15, 0.2) is 10.3 Å². The van der Waals surface area contributed by atoms with Crippen LogP contribution in [-0.4, -0.2) is 11.8 Å². The van der Waals surface area contributed by atoms with E-state index in [0.717, 1.165) is 0 Å². The molecule has 0 radical (unpaired) electrons. The molecule has 0 spiro atoms. The second-order valence-electron chi connectivity index (χ2n) is 0.398. The Morgan fingerprint density at radius 3 is 2.40 bits per heavy atom. The van der Waals surface area contributed by atoms with Gasteiger partial charge in [0.05, 0.1) is 0 Å². The van der Waals surface area contributed by atoms with Crippen molar-refractivity contribution in [3.8, 4) is 0 Å². The zero-order chi connectivity index (χ0) is 4.12. The van der Waals surface area contributed by atoms with Crippen LogP contribution in [0, 0.1) is 0 Å². The number of nitrogens with zero attached hydrogens (tertiary/aromatic N) is 2. The average molecular weight is 75.1 g/mol. The number of rotatable bonds is 1. The van der Waals surface area contributed by atoms with Crippen LogP contribution in [-0.2, 0) is 0 Å². The van der Waals surface area contributed by atoms with E-state index in [-0.39, 0.29) is 6.73 Å². The highest BCUT2D eigenvalue weighted by Crippen LogP contribution is 1.54. The van der Waals surface area contributed by atoms with Gasteiger partial charge in [-0.1, -0.05) is 5.22 Å². The summed E-state index contributed by atoms with van der Waals surface area (Å²) in [4.78, 5) is 0. The van der Waals surface area contributed by atoms with E-state index in [0.29, 0.717) is 0 Å². The molecule has 0 aliphatic heterocycles. The lowest BCUT2D eigenvalue weighted by atomic mass is 11.4. The van der Waals surface area contributed by atoms with Crippen molar-refractivity contribution in [2.75, 3.05) is 6.73 Å². The van der Waals surface area contributed by atoms with Crippen LogP contribution in [0.2, 0.25) is 0 Å². The van der Waals surface area contributed by atoms with Gasteiger partial charge >= 0.3 is 0 Å². The topological polar surface area (TPSA) is 71.0 Å². The van der Waals surface area contributed by atoms with E-state index in [2.05, 4.69) is 16.2 Å². The van der Waals surface area contributed by atoms with Gasteiger partial charge in [0.15, 0.2) is 6.73 Å². The highest BCUT2D eigenvalue weighted by Gasteiger charge is 1.52. The normalized spacial score (nSPS) is 9.80. The standard InChI is InChI=1S/CH5N3O/c2-4-3-1-5/h5H,1H2,(H2,2,3). The van der Waals surface area contributed by atoms with E-state index >= 15 is 0 Å². The third-order valence-corrected chi connectivity index (χ3v) is 0.145. The van der Waals surface area contributed by atoms with E-state index in [9.17, 15) is 0 Å². The summed E-state index contributed by atoms with van der Waals surface area (Å²) in [6, 6.07) is 0. The zero-order valence-electron chi connectivity index (χ0n) is 2.63. The first-order valence-electron chi connectivity index (χ1n) is 1.09. The van der Waals surface area contributed by atoms with Gasteiger partial charge in [-0.05, 0) is 0 Å². The van der Waals surface area contributed by atoms with Crippen molar-refractivity contribution < 1.29 is 5.11 Å². The van der Waals surface area contributed by atoms with Gasteiger partial charge in [-0.25, -0.2) is 0 Å². The van der Waals surface area contributed by atoms with Crippen molar-refractivity contribution >= 4 is 0 Å². The molecule has 4 nitrogen and oxygen atoms in total. The Labute approximate surface area is 29.3 Å². The molecule has 0 saturated carbocycles. The van der Waals surface area contributed by atoms with Crippen molar-refractivity contribution in [3.05, 3.63) is 0 Å². The molecular formula is CH5N3O. The Morgan fingerprint density at radius 1 is 1.80 bits per heavy atom. The quantitative estimate of drug-likeness (QED) is 0.245. The summed E-state index contributed by atoms with van der Waals surface area (Å²) in [6.45, 7) is -0.323. The summed E-state index contributed by atoms with van der Waals surface area (Å²) in [7, 11) is 0. The largest absolute Gasteiger partial charge is 0.373 e. The second-order valence-corrected chi connectivity index (χ2v) is 0.398. The summed E-state index contributed by atoms with van der Waals surface area (Å²) in [5.74, 6) is 4.44. The highest BCUT2D eigenvalue weighted by molar-refractivity contribution is 4.00. The van der Waals surface area contributed by atoms with Gasteiger partial charge in [0.25, 0.3) is 0 Å². The van der Waals surface area contributed by atoms with Crippen LogP contribution in [0.25, 0.3) is 0 Å². The minimum absolute atomic E-state index is 0.323. The Hall–Kier alpha value is -0.640. The van der Waals surface area contributed by atoms with E-state index in [4.69, 9.17) is 5.11 Å². The van der Waals surface area contributed by atoms with Crippen LogP contribution in [0.5, 0.6) is 0 Å². The van der Waals surface area contributed by atoms with Crippen LogP contribution >= 0.6 is 0 Å². The van der Waals surface area contributed by atoms with E-state index in [1.165, 1.54) is 0 Å². The molecule has 5 heavy (non-hydrogen) atoms. The van der Waals surface area contributed by atoms with Crippen molar-refractivity contribution in [2.24, 2.45) is 16.2 Å². The first-order chi connectivity index (χ1) is 2.41. The SMILES string of the molecule is N/N=N\CO. The number of aliphatic hydroxyl groups is 1. The number of aliphatic hydroxyl groups excluding tert-OH is 1. The summed E-state index contributed by atoms with van der Waals surface area (Å²) in [5, 5.41) is 13.4. The molecule has 3 N–H and O–H groups in total. The maximum Gasteiger partial charge on any atom is 0.157 e. The maximum atomic E-state index is 7.73. The average Bonchev–Trinajstić information content (AvgIpc) is 1.41. The molecule has 0 aliphatic carbocycles. The van der Waals surface area contributed by atoms with Gasteiger partial charge in [0.1, 0.15) is 0 Å². The van der Waals surface area contributed by atoms with Crippen LogP contribution in [0.4, 0.5) is 0 Å². The molecule has 0 saturated heterocycles. The maximum absolute atomic E-state index is 7.73. The predicted molar refractivity (Wildman–Crippen MR) is 16.1 cm³/mol. The Morgan fingerprint density at radius 2 is 2.40 bits per heavy atom. The second kappa shape index (κ2) is 3.36. The number of hydrogen-bond donors (Lipinski definition) is 2. The minimum atomic E-state index is -0.323. The Balaban J connectivity index is 2.62. The van der Waals surface area contributed by atoms with E-state index < -0.39 is 0 Å². The Kier molecular flexibility index (Phi) is 2.93. The third-order valence-electron chi connectivity index (χ3n) is 0.145. The molecule has 30 valence electrons.